The number of hydrogen-bond donors (Lipinski definition) is 3. The summed E-state index contributed by atoms with van der Waals surface area (Å²) in [7, 11) is 0. The number of hydrogen-bond acceptors (Lipinski definition) is 6. The molecule has 102 valence electrons. The van der Waals surface area contributed by atoms with Crippen molar-refractivity contribution in [2.45, 2.75) is 0 Å². The lowest BCUT2D eigenvalue weighted by atomic mass is 10.3. The molecule has 0 aliphatic heterocycles. The van der Waals surface area contributed by atoms with Gasteiger partial charge in [0, 0.05) is 31.2 Å². The number of benzene rings is 1. The third-order valence-electron chi connectivity index (χ3n) is 2.72. The average molecular weight is 269 g/mol. The van der Waals surface area contributed by atoms with E-state index in [-0.39, 0.29) is 0 Å². The molecule has 3 rings (SSSR count). The molecule has 0 saturated carbocycles. The molecule has 0 unspecified atom stereocenters. The fraction of sp³-hybridized carbons (Fsp3) is 0.154. The molecular weight excluding hydrogens is 254 g/mol. The molecule has 4 N–H and O–H groups in total. The van der Waals surface area contributed by atoms with Crippen LogP contribution in [-0.4, -0.2) is 32.7 Å². The smallest absolute Gasteiger partial charge is 0.247 e. The van der Waals surface area contributed by atoms with Crippen LogP contribution in [0.3, 0.4) is 0 Å². The molecule has 0 radical (unpaired) electrons. The van der Waals surface area contributed by atoms with E-state index >= 15 is 0 Å². The van der Waals surface area contributed by atoms with Gasteiger partial charge in [0.15, 0.2) is 11.5 Å². The second-order valence-electron chi connectivity index (χ2n) is 4.19. The van der Waals surface area contributed by atoms with Crippen LogP contribution >= 0.6 is 0 Å². The summed E-state index contributed by atoms with van der Waals surface area (Å²) in [5.74, 6) is 1.20. The fourth-order valence-electron chi connectivity index (χ4n) is 1.84. The maximum absolute atomic E-state index is 5.48. The first-order valence-corrected chi connectivity index (χ1v) is 6.34. The van der Waals surface area contributed by atoms with Crippen LogP contribution in [0.25, 0.3) is 5.65 Å². The summed E-state index contributed by atoms with van der Waals surface area (Å²) >= 11 is 0. The standard InChI is InChI=1S/C13H15N7/c14-6-7-15-11-12-18-13(19-20(12)9-8-16-11)17-10-4-2-1-3-5-10/h1-5,8-9H,6-7,14H2,(H,15,16)(H,17,19). The van der Waals surface area contributed by atoms with E-state index < -0.39 is 0 Å². The van der Waals surface area contributed by atoms with E-state index in [2.05, 4.69) is 25.7 Å². The predicted octanol–water partition coefficient (Wildman–Crippen LogP) is 1.24. The number of nitrogens with one attached hydrogen (secondary N) is 2. The van der Waals surface area contributed by atoms with E-state index in [0.717, 1.165) is 5.69 Å². The third-order valence-corrected chi connectivity index (χ3v) is 2.72. The molecule has 0 aliphatic carbocycles. The van der Waals surface area contributed by atoms with Crippen LogP contribution in [0.15, 0.2) is 42.7 Å². The number of nitrogens with two attached hydrogens (primary N) is 1. The summed E-state index contributed by atoms with van der Waals surface area (Å²) in [6, 6.07) is 9.78. The van der Waals surface area contributed by atoms with Gasteiger partial charge < -0.3 is 16.4 Å². The number of rotatable bonds is 5. The molecule has 20 heavy (non-hydrogen) atoms. The van der Waals surface area contributed by atoms with E-state index in [9.17, 15) is 0 Å². The van der Waals surface area contributed by atoms with Crippen LogP contribution < -0.4 is 16.4 Å². The van der Waals surface area contributed by atoms with Gasteiger partial charge in [-0.3, -0.25) is 0 Å². The maximum atomic E-state index is 5.48. The van der Waals surface area contributed by atoms with Crippen LogP contribution in [0.2, 0.25) is 0 Å². The minimum Gasteiger partial charge on any atom is -0.366 e. The number of aromatic nitrogens is 4. The molecule has 0 fully saturated rings. The SMILES string of the molecule is NCCNc1nccn2nc(Nc3ccccc3)nc12. The van der Waals surface area contributed by atoms with Crippen LogP contribution in [0, 0.1) is 0 Å². The van der Waals surface area contributed by atoms with Gasteiger partial charge in [-0.25, -0.2) is 9.50 Å². The number of anilines is 3. The molecule has 2 heterocycles. The summed E-state index contributed by atoms with van der Waals surface area (Å²) in [6.45, 7) is 1.17. The lowest BCUT2D eigenvalue weighted by Crippen LogP contribution is -2.14. The first kappa shape index (κ1) is 12.4. The highest BCUT2D eigenvalue weighted by Crippen LogP contribution is 2.16. The molecule has 2 aromatic heterocycles. The van der Waals surface area contributed by atoms with E-state index in [1.807, 2.05) is 30.3 Å². The minimum absolute atomic E-state index is 0.528. The lowest BCUT2D eigenvalue weighted by Gasteiger charge is -2.02. The van der Waals surface area contributed by atoms with Gasteiger partial charge in [0.1, 0.15) is 0 Å². The Bertz CT molecular complexity index is 692. The van der Waals surface area contributed by atoms with Crippen molar-refractivity contribution in [2.75, 3.05) is 23.7 Å². The largest absolute Gasteiger partial charge is 0.366 e. The Kier molecular flexibility index (Phi) is 3.42. The molecule has 3 aromatic rings. The van der Waals surface area contributed by atoms with Crippen molar-refractivity contribution in [1.29, 1.82) is 0 Å². The maximum Gasteiger partial charge on any atom is 0.247 e. The van der Waals surface area contributed by atoms with E-state index in [4.69, 9.17) is 5.73 Å². The van der Waals surface area contributed by atoms with Crippen LogP contribution in [0.1, 0.15) is 0 Å². The van der Waals surface area contributed by atoms with Gasteiger partial charge in [0.05, 0.1) is 0 Å². The summed E-state index contributed by atoms with van der Waals surface area (Å²) < 4.78 is 1.68. The predicted molar refractivity (Wildman–Crippen MR) is 78.1 cm³/mol. The Labute approximate surface area is 115 Å². The minimum atomic E-state index is 0.528. The summed E-state index contributed by atoms with van der Waals surface area (Å²) in [5, 5.41) is 10.6. The van der Waals surface area contributed by atoms with Crippen molar-refractivity contribution in [3.05, 3.63) is 42.7 Å². The molecule has 0 aliphatic rings. The highest BCUT2D eigenvalue weighted by molar-refractivity contribution is 5.65. The number of para-hydroxylation sites is 1. The Morgan fingerprint density at radius 3 is 2.85 bits per heavy atom. The lowest BCUT2D eigenvalue weighted by molar-refractivity contribution is 0.941. The van der Waals surface area contributed by atoms with Crippen LogP contribution in [0.5, 0.6) is 0 Å². The van der Waals surface area contributed by atoms with Gasteiger partial charge in [0.2, 0.25) is 5.95 Å². The molecule has 0 spiro atoms. The van der Waals surface area contributed by atoms with Crippen molar-refractivity contribution in [3.8, 4) is 0 Å². The molecule has 0 bridgehead atoms. The van der Waals surface area contributed by atoms with Crippen molar-refractivity contribution < 1.29 is 0 Å². The first-order valence-electron chi connectivity index (χ1n) is 6.34. The summed E-state index contributed by atoms with van der Waals surface area (Å²) in [6.07, 6.45) is 3.43. The molecular formula is C13H15N7. The fourth-order valence-corrected chi connectivity index (χ4v) is 1.84. The second kappa shape index (κ2) is 5.54. The zero-order valence-corrected chi connectivity index (χ0v) is 10.8. The van der Waals surface area contributed by atoms with E-state index in [0.29, 0.717) is 30.5 Å². The molecule has 0 saturated heterocycles. The Balaban J connectivity index is 1.90. The zero-order chi connectivity index (χ0) is 13.8. The third kappa shape index (κ3) is 2.52. The molecule has 1 aromatic carbocycles. The molecule has 0 atom stereocenters. The quantitative estimate of drug-likeness (QED) is 0.645. The Hall–Kier alpha value is -2.67. The van der Waals surface area contributed by atoms with Gasteiger partial charge in [-0.05, 0) is 12.1 Å². The van der Waals surface area contributed by atoms with E-state index in [1.165, 1.54) is 0 Å². The van der Waals surface area contributed by atoms with Crippen molar-refractivity contribution in [3.63, 3.8) is 0 Å². The normalized spacial score (nSPS) is 10.7. The number of nitrogens with zero attached hydrogens (tertiary/aromatic N) is 4. The second-order valence-corrected chi connectivity index (χ2v) is 4.19. The van der Waals surface area contributed by atoms with Gasteiger partial charge in [0.25, 0.3) is 0 Å². The summed E-state index contributed by atoms with van der Waals surface area (Å²) in [4.78, 5) is 8.68. The Morgan fingerprint density at radius 1 is 1.20 bits per heavy atom. The number of fused-ring (bicyclic) bond motifs is 1. The van der Waals surface area contributed by atoms with Crippen molar-refractivity contribution in [2.24, 2.45) is 5.73 Å². The average Bonchev–Trinajstić information content (AvgIpc) is 2.89. The monoisotopic (exact) mass is 269 g/mol. The van der Waals surface area contributed by atoms with Gasteiger partial charge in [-0.2, -0.15) is 4.98 Å². The molecule has 7 heteroatoms. The highest BCUT2D eigenvalue weighted by Gasteiger charge is 2.08. The Morgan fingerprint density at radius 2 is 2.05 bits per heavy atom. The summed E-state index contributed by atoms with van der Waals surface area (Å²) in [5.41, 5.74) is 7.09. The molecule has 7 nitrogen and oxygen atoms in total. The topological polar surface area (TPSA) is 93.2 Å². The van der Waals surface area contributed by atoms with Crippen molar-refractivity contribution in [1.82, 2.24) is 19.6 Å². The van der Waals surface area contributed by atoms with E-state index in [1.54, 1.807) is 16.9 Å². The van der Waals surface area contributed by atoms with Gasteiger partial charge in [-0.15, -0.1) is 5.10 Å². The van der Waals surface area contributed by atoms with Gasteiger partial charge in [-0.1, -0.05) is 18.2 Å². The zero-order valence-electron chi connectivity index (χ0n) is 10.8. The molecule has 0 amide bonds. The van der Waals surface area contributed by atoms with Crippen LogP contribution in [-0.2, 0) is 0 Å². The van der Waals surface area contributed by atoms with Crippen LogP contribution in [0.4, 0.5) is 17.5 Å². The van der Waals surface area contributed by atoms with Gasteiger partial charge >= 0.3 is 0 Å². The highest BCUT2D eigenvalue weighted by atomic mass is 15.4. The first-order chi connectivity index (χ1) is 9.86. The van der Waals surface area contributed by atoms with Crippen molar-refractivity contribution >= 4 is 23.1 Å².